The van der Waals surface area contributed by atoms with Gasteiger partial charge in [0.2, 0.25) is 0 Å². The largest absolute Gasteiger partial charge is 0.416 e. The molecule has 0 aliphatic heterocycles. The highest BCUT2D eigenvalue weighted by atomic mass is 19.4. The third-order valence-corrected chi connectivity index (χ3v) is 5.26. The van der Waals surface area contributed by atoms with E-state index in [1.807, 2.05) is 6.92 Å². The van der Waals surface area contributed by atoms with Crippen LogP contribution in [-0.2, 0) is 25.3 Å². The first-order valence-electron chi connectivity index (χ1n) is 10.1. The van der Waals surface area contributed by atoms with Gasteiger partial charge in [0.25, 0.3) is 5.89 Å². The molecule has 5 nitrogen and oxygen atoms in total. The molecule has 11 heteroatoms. The standard InChI is InChI=1S/C23H16F6N4O/c1-3-5-15-11-16-18(9-8-17(30-2)20(16)23(27,28)29)33(15)12-19-31-21(34-32-19)13-6-4-7-14(10-13)22(24,25)26/h4,6-11H,3,5,12H2,1H3. The van der Waals surface area contributed by atoms with Crippen LogP contribution in [-0.4, -0.2) is 14.7 Å². The molecule has 0 saturated carbocycles. The van der Waals surface area contributed by atoms with E-state index >= 15 is 0 Å². The highest BCUT2D eigenvalue weighted by Gasteiger charge is 2.36. The van der Waals surface area contributed by atoms with E-state index in [9.17, 15) is 26.3 Å². The molecule has 0 radical (unpaired) electrons. The number of alkyl halides is 6. The van der Waals surface area contributed by atoms with Crippen LogP contribution in [0.4, 0.5) is 32.0 Å². The molecule has 0 aliphatic rings. The Morgan fingerprint density at radius 2 is 1.79 bits per heavy atom. The van der Waals surface area contributed by atoms with E-state index in [4.69, 9.17) is 11.1 Å². The van der Waals surface area contributed by atoms with Crippen molar-refractivity contribution in [3.8, 4) is 11.5 Å². The minimum atomic E-state index is -4.72. The van der Waals surface area contributed by atoms with Crippen molar-refractivity contribution in [3.05, 3.63) is 76.5 Å². The van der Waals surface area contributed by atoms with Crippen molar-refractivity contribution in [2.24, 2.45) is 0 Å². The molecular weight excluding hydrogens is 462 g/mol. The van der Waals surface area contributed by atoms with Crippen molar-refractivity contribution in [2.45, 2.75) is 38.7 Å². The van der Waals surface area contributed by atoms with E-state index in [0.717, 1.165) is 18.2 Å². The van der Waals surface area contributed by atoms with Crippen molar-refractivity contribution in [1.82, 2.24) is 14.7 Å². The Hall–Kier alpha value is -3.81. The van der Waals surface area contributed by atoms with Crippen LogP contribution in [0, 0.1) is 6.57 Å². The summed E-state index contributed by atoms with van der Waals surface area (Å²) in [5.41, 5.74) is -1.48. The fourth-order valence-corrected chi connectivity index (χ4v) is 3.82. The number of halogens is 6. The predicted molar refractivity (Wildman–Crippen MR) is 111 cm³/mol. The van der Waals surface area contributed by atoms with Gasteiger partial charge in [0, 0.05) is 22.2 Å². The Bertz CT molecular complexity index is 1390. The van der Waals surface area contributed by atoms with Gasteiger partial charge in [-0.3, -0.25) is 0 Å². The molecule has 34 heavy (non-hydrogen) atoms. The molecule has 0 amide bonds. The minimum absolute atomic E-state index is 0.0596. The van der Waals surface area contributed by atoms with E-state index in [1.54, 1.807) is 4.57 Å². The third kappa shape index (κ3) is 4.35. The summed E-state index contributed by atoms with van der Waals surface area (Å²) in [6, 6.07) is 8.37. The minimum Gasteiger partial charge on any atom is -0.337 e. The van der Waals surface area contributed by atoms with Gasteiger partial charge in [0.1, 0.15) is 0 Å². The van der Waals surface area contributed by atoms with Crippen LogP contribution < -0.4 is 0 Å². The summed E-state index contributed by atoms with van der Waals surface area (Å²) < 4.78 is 87.0. The van der Waals surface area contributed by atoms with E-state index in [2.05, 4.69) is 15.0 Å². The van der Waals surface area contributed by atoms with Crippen LogP contribution >= 0.6 is 0 Å². The first-order valence-corrected chi connectivity index (χ1v) is 10.1. The lowest BCUT2D eigenvalue weighted by molar-refractivity contribution is -0.137. The number of nitrogens with zero attached hydrogens (tertiary/aromatic N) is 4. The lowest BCUT2D eigenvalue weighted by Gasteiger charge is -2.12. The Labute approximate surface area is 189 Å². The maximum Gasteiger partial charge on any atom is 0.416 e. The monoisotopic (exact) mass is 478 g/mol. The molecule has 0 fully saturated rings. The summed E-state index contributed by atoms with van der Waals surface area (Å²) in [6.45, 7) is 8.93. The molecule has 176 valence electrons. The van der Waals surface area contributed by atoms with Crippen LogP contribution in [0.5, 0.6) is 0 Å². The molecule has 4 aromatic rings. The van der Waals surface area contributed by atoms with Crippen LogP contribution in [0.25, 0.3) is 27.2 Å². The van der Waals surface area contributed by atoms with Crippen LogP contribution in [0.15, 0.2) is 47.0 Å². The SMILES string of the molecule is [C-]#[N+]c1ccc2c(cc(CCC)n2Cc2noc(-c3cccc(C(F)(F)F)c3)n2)c1C(F)(F)F. The maximum absolute atomic E-state index is 13.8. The topological polar surface area (TPSA) is 48.2 Å². The third-order valence-electron chi connectivity index (χ3n) is 5.26. The quantitative estimate of drug-likeness (QED) is 0.224. The number of fused-ring (bicyclic) bond motifs is 1. The summed E-state index contributed by atoms with van der Waals surface area (Å²) in [5.74, 6) is -0.0500. The summed E-state index contributed by atoms with van der Waals surface area (Å²) in [5, 5.41) is 3.71. The highest BCUT2D eigenvalue weighted by molar-refractivity contribution is 5.90. The molecular formula is C23H16F6N4O. The number of benzene rings is 2. The van der Waals surface area contributed by atoms with Gasteiger partial charge in [-0.25, -0.2) is 4.85 Å². The first-order chi connectivity index (χ1) is 16.0. The summed E-state index contributed by atoms with van der Waals surface area (Å²) in [4.78, 5) is 7.17. The summed E-state index contributed by atoms with van der Waals surface area (Å²) in [7, 11) is 0. The lowest BCUT2D eigenvalue weighted by Crippen LogP contribution is -2.07. The molecule has 0 bridgehead atoms. The molecule has 2 aromatic heterocycles. The average molecular weight is 478 g/mol. The number of aromatic nitrogens is 3. The summed E-state index contributed by atoms with van der Waals surface area (Å²) >= 11 is 0. The predicted octanol–water partition coefficient (Wildman–Crippen LogP) is 7.28. The van der Waals surface area contributed by atoms with Crippen molar-refractivity contribution in [2.75, 3.05) is 0 Å². The van der Waals surface area contributed by atoms with Crippen LogP contribution in [0.3, 0.4) is 0 Å². The normalized spacial score (nSPS) is 12.3. The fourth-order valence-electron chi connectivity index (χ4n) is 3.82. The first kappa shape index (κ1) is 23.4. The molecule has 2 aromatic carbocycles. The highest BCUT2D eigenvalue weighted by Crippen LogP contribution is 2.42. The van der Waals surface area contributed by atoms with E-state index in [-0.39, 0.29) is 34.7 Å². The number of hydrogen-bond donors (Lipinski definition) is 0. The summed E-state index contributed by atoms with van der Waals surface area (Å²) in [6.07, 6.45) is -8.16. The van der Waals surface area contributed by atoms with Crippen LogP contribution in [0.1, 0.15) is 36.0 Å². The van der Waals surface area contributed by atoms with Gasteiger partial charge in [-0.15, -0.1) is 0 Å². The zero-order valence-corrected chi connectivity index (χ0v) is 17.6. The maximum atomic E-state index is 13.8. The molecule has 0 aliphatic carbocycles. The molecule has 0 unspecified atom stereocenters. The zero-order valence-electron chi connectivity index (χ0n) is 17.6. The Morgan fingerprint density at radius 1 is 1.03 bits per heavy atom. The fraction of sp³-hybridized carbons (Fsp3) is 0.261. The Balaban J connectivity index is 1.77. The second-order valence-electron chi connectivity index (χ2n) is 7.57. The molecule has 2 heterocycles. The molecule has 0 saturated heterocycles. The van der Waals surface area contributed by atoms with Gasteiger partial charge < -0.3 is 9.09 Å². The average Bonchev–Trinajstić information content (AvgIpc) is 3.37. The Kier molecular flexibility index (Phi) is 5.85. The van der Waals surface area contributed by atoms with Gasteiger partial charge in [-0.05, 0) is 36.8 Å². The number of rotatable bonds is 5. The van der Waals surface area contributed by atoms with Gasteiger partial charge in [-0.2, -0.15) is 31.3 Å². The zero-order chi connectivity index (χ0) is 24.7. The number of aryl methyl sites for hydroxylation is 1. The van der Waals surface area contributed by atoms with Gasteiger partial charge in [0.15, 0.2) is 11.5 Å². The van der Waals surface area contributed by atoms with Gasteiger partial charge in [0.05, 0.1) is 24.2 Å². The van der Waals surface area contributed by atoms with Crippen molar-refractivity contribution >= 4 is 16.6 Å². The molecule has 0 atom stereocenters. The number of hydrogen-bond acceptors (Lipinski definition) is 3. The van der Waals surface area contributed by atoms with Crippen molar-refractivity contribution < 1.29 is 30.9 Å². The van der Waals surface area contributed by atoms with Crippen molar-refractivity contribution in [3.63, 3.8) is 0 Å². The molecule has 4 rings (SSSR count). The van der Waals surface area contributed by atoms with E-state index in [1.165, 1.54) is 24.3 Å². The molecule has 0 N–H and O–H groups in total. The van der Waals surface area contributed by atoms with Gasteiger partial charge >= 0.3 is 12.4 Å². The van der Waals surface area contributed by atoms with Crippen LogP contribution in [0.2, 0.25) is 0 Å². The lowest BCUT2D eigenvalue weighted by atomic mass is 10.1. The van der Waals surface area contributed by atoms with E-state index in [0.29, 0.717) is 18.5 Å². The second-order valence-corrected chi connectivity index (χ2v) is 7.57. The Morgan fingerprint density at radius 3 is 2.44 bits per heavy atom. The van der Waals surface area contributed by atoms with Gasteiger partial charge in [-0.1, -0.05) is 30.6 Å². The van der Waals surface area contributed by atoms with Crippen molar-refractivity contribution in [1.29, 1.82) is 0 Å². The second kappa shape index (κ2) is 8.52. The molecule has 0 spiro atoms. The van der Waals surface area contributed by atoms with E-state index < -0.39 is 29.2 Å². The smallest absolute Gasteiger partial charge is 0.337 e.